The van der Waals surface area contributed by atoms with Gasteiger partial charge in [0.2, 0.25) is 0 Å². The van der Waals surface area contributed by atoms with E-state index in [4.69, 9.17) is 13.9 Å². The number of methoxy groups -OCH3 is 1. The van der Waals surface area contributed by atoms with Gasteiger partial charge >= 0.3 is 0 Å². The minimum Gasteiger partial charge on any atom is -0.497 e. The zero-order chi connectivity index (χ0) is 27.6. The number of carbonyl (C=O) groups is 1. The van der Waals surface area contributed by atoms with Crippen molar-refractivity contribution in [3.8, 4) is 5.75 Å². The fourth-order valence-corrected chi connectivity index (χ4v) is 6.21. The molecular formula is C32H41NO4Si. The average Bonchev–Trinajstić information content (AvgIpc) is 2.89. The van der Waals surface area contributed by atoms with Gasteiger partial charge in [0.25, 0.3) is 5.91 Å². The topological polar surface area (TPSA) is 48.0 Å². The molecule has 0 bridgehead atoms. The van der Waals surface area contributed by atoms with Crippen molar-refractivity contribution in [3.63, 3.8) is 0 Å². The number of amides is 1. The van der Waals surface area contributed by atoms with Crippen LogP contribution in [0.5, 0.6) is 5.75 Å². The predicted octanol–water partition coefficient (Wildman–Crippen LogP) is 7.02. The third-order valence-corrected chi connectivity index (χ3v) is 12.7. The molecule has 0 aliphatic carbocycles. The highest BCUT2D eigenvalue weighted by Crippen LogP contribution is 2.47. The number of β-lactam (4-membered cyclic amide) rings is 1. The first-order valence-electron chi connectivity index (χ1n) is 13.3. The first kappa shape index (κ1) is 28.1. The van der Waals surface area contributed by atoms with E-state index in [2.05, 4.69) is 65.1 Å². The van der Waals surface area contributed by atoms with Crippen LogP contribution >= 0.6 is 0 Å². The summed E-state index contributed by atoms with van der Waals surface area (Å²) in [6, 6.07) is 28.1. The summed E-state index contributed by atoms with van der Waals surface area (Å²) in [5, 5.41) is 0.0113. The Hall–Kier alpha value is -2.93. The number of rotatable bonds is 10. The molecule has 0 aromatic heterocycles. The highest BCUT2D eigenvalue weighted by Gasteiger charge is 2.64. The van der Waals surface area contributed by atoms with Crippen molar-refractivity contribution in [1.82, 2.24) is 0 Å². The molecule has 0 N–H and O–H groups in total. The molecule has 0 spiro atoms. The average molecular weight is 532 g/mol. The lowest BCUT2D eigenvalue weighted by atomic mass is 9.75. The van der Waals surface area contributed by atoms with Crippen molar-refractivity contribution in [2.24, 2.45) is 0 Å². The first-order valence-corrected chi connectivity index (χ1v) is 16.2. The fraction of sp³-hybridized carbons (Fsp3) is 0.406. The number of hydrogen-bond acceptors (Lipinski definition) is 4. The van der Waals surface area contributed by atoms with E-state index in [0.717, 1.165) is 17.0 Å². The molecular weight excluding hydrogens is 490 g/mol. The van der Waals surface area contributed by atoms with Gasteiger partial charge < -0.3 is 13.9 Å². The van der Waals surface area contributed by atoms with Crippen LogP contribution in [0, 0.1) is 0 Å². The molecule has 1 amide bonds. The van der Waals surface area contributed by atoms with Crippen molar-refractivity contribution in [2.45, 2.75) is 76.6 Å². The summed E-state index contributed by atoms with van der Waals surface area (Å²) < 4.78 is 19.0. The summed E-state index contributed by atoms with van der Waals surface area (Å²) in [5.41, 5.74) is 2.31. The SMILES string of the molecule is COc1ccc(N2C(=O)[C@@H](OCc3ccccc3)[C@@]2(C)[C@H](Cc2ccccc2)O[Si](C)(C)C(C)(C)C)cc1. The normalized spacial score (nSPS) is 20.7. The van der Waals surface area contributed by atoms with Crippen LogP contribution in [0.1, 0.15) is 38.8 Å². The van der Waals surface area contributed by atoms with Crippen LogP contribution in [-0.2, 0) is 27.0 Å². The second-order valence-electron chi connectivity index (χ2n) is 11.8. The van der Waals surface area contributed by atoms with Gasteiger partial charge in [-0.1, -0.05) is 81.4 Å². The Bertz CT molecular complexity index is 1210. The molecule has 3 aromatic rings. The van der Waals surface area contributed by atoms with E-state index in [1.807, 2.05) is 65.6 Å². The Labute approximate surface area is 228 Å². The molecule has 0 radical (unpaired) electrons. The maximum absolute atomic E-state index is 13.8. The molecule has 202 valence electrons. The monoisotopic (exact) mass is 531 g/mol. The van der Waals surface area contributed by atoms with Gasteiger partial charge in [-0.15, -0.1) is 0 Å². The van der Waals surface area contributed by atoms with E-state index in [-0.39, 0.29) is 17.0 Å². The van der Waals surface area contributed by atoms with Gasteiger partial charge in [-0.3, -0.25) is 9.69 Å². The molecule has 4 rings (SSSR count). The van der Waals surface area contributed by atoms with Crippen LogP contribution in [0.25, 0.3) is 0 Å². The minimum atomic E-state index is -2.21. The lowest BCUT2D eigenvalue weighted by Gasteiger charge is -2.59. The molecule has 1 aliphatic heterocycles. The van der Waals surface area contributed by atoms with Gasteiger partial charge in [-0.05, 0) is 66.9 Å². The molecule has 1 saturated heterocycles. The van der Waals surface area contributed by atoms with E-state index < -0.39 is 20.0 Å². The maximum Gasteiger partial charge on any atom is 0.259 e. The van der Waals surface area contributed by atoms with Crippen LogP contribution < -0.4 is 9.64 Å². The van der Waals surface area contributed by atoms with Crippen LogP contribution in [0.4, 0.5) is 5.69 Å². The summed E-state index contributed by atoms with van der Waals surface area (Å²) >= 11 is 0. The van der Waals surface area contributed by atoms with E-state index in [1.54, 1.807) is 7.11 Å². The van der Waals surface area contributed by atoms with Crippen molar-refractivity contribution < 1.29 is 18.7 Å². The number of benzene rings is 3. The predicted molar refractivity (Wildman–Crippen MR) is 156 cm³/mol. The number of nitrogens with zero attached hydrogens (tertiary/aromatic N) is 1. The van der Waals surface area contributed by atoms with Crippen molar-refractivity contribution in [2.75, 3.05) is 12.0 Å². The fourth-order valence-electron chi connectivity index (χ4n) is 4.83. The third kappa shape index (κ3) is 5.58. The zero-order valence-electron chi connectivity index (χ0n) is 23.7. The lowest BCUT2D eigenvalue weighted by Crippen LogP contribution is -2.80. The van der Waals surface area contributed by atoms with Crippen molar-refractivity contribution in [1.29, 1.82) is 0 Å². The second-order valence-corrected chi connectivity index (χ2v) is 16.6. The number of ether oxygens (including phenoxy) is 2. The van der Waals surface area contributed by atoms with E-state index >= 15 is 0 Å². The highest BCUT2D eigenvalue weighted by atomic mass is 28.4. The summed E-state index contributed by atoms with van der Waals surface area (Å²) in [7, 11) is -0.568. The molecule has 1 heterocycles. The second kappa shape index (κ2) is 11.0. The quantitative estimate of drug-likeness (QED) is 0.208. The van der Waals surface area contributed by atoms with Gasteiger partial charge in [0.05, 0.1) is 19.8 Å². The van der Waals surface area contributed by atoms with Crippen LogP contribution in [-0.4, -0.2) is 39.1 Å². The Morgan fingerprint density at radius 1 is 0.895 bits per heavy atom. The number of carbonyl (C=O) groups excluding carboxylic acids is 1. The Kier molecular flexibility index (Phi) is 8.16. The summed E-state index contributed by atoms with van der Waals surface area (Å²) in [6.45, 7) is 13.8. The Morgan fingerprint density at radius 2 is 1.45 bits per heavy atom. The molecule has 5 nitrogen and oxygen atoms in total. The van der Waals surface area contributed by atoms with Crippen LogP contribution in [0.2, 0.25) is 18.1 Å². The smallest absolute Gasteiger partial charge is 0.259 e. The lowest BCUT2D eigenvalue weighted by molar-refractivity contribution is -0.159. The number of hydrogen-bond donors (Lipinski definition) is 0. The molecule has 1 fully saturated rings. The Balaban J connectivity index is 1.76. The van der Waals surface area contributed by atoms with Gasteiger partial charge in [-0.25, -0.2) is 0 Å². The van der Waals surface area contributed by atoms with Gasteiger partial charge in [-0.2, -0.15) is 0 Å². The van der Waals surface area contributed by atoms with E-state index in [1.165, 1.54) is 5.56 Å². The van der Waals surface area contributed by atoms with Crippen molar-refractivity contribution in [3.05, 3.63) is 96.1 Å². The largest absolute Gasteiger partial charge is 0.497 e. The summed E-state index contributed by atoms with van der Waals surface area (Å²) in [6.07, 6.45) is -0.232. The van der Waals surface area contributed by atoms with Crippen LogP contribution in [0.3, 0.4) is 0 Å². The van der Waals surface area contributed by atoms with Gasteiger partial charge in [0, 0.05) is 5.69 Å². The molecule has 3 aromatic carbocycles. The number of anilines is 1. The van der Waals surface area contributed by atoms with Gasteiger partial charge in [0.1, 0.15) is 11.3 Å². The third-order valence-electron chi connectivity index (χ3n) is 8.21. The minimum absolute atomic E-state index is 0.0113. The standard InChI is InChI=1S/C32H41NO4Si/c1-31(2,3)38(6,7)37-28(22-24-14-10-8-11-15-24)32(4)29(36-23-25-16-12-9-13-17-25)30(34)33(32)26-18-20-27(35-5)21-19-26/h8-21,28-29H,22-23H2,1-7H3/t28-,29+,32+/m0/s1. The molecule has 1 aliphatic rings. The molecule has 0 unspecified atom stereocenters. The maximum atomic E-state index is 13.8. The highest BCUT2D eigenvalue weighted by molar-refractivity contribution is 6.74. The molecule has 6 heteroatoms. The summed E-state index contributed by atoms with van der Waals surface area (Å²) in [5.74, 6) is 0.698. The first-order chi connectivity index (χ1) is 18.0. The van der Waals surface area contributed by atoms with Gasteiger partial charge in [0.15, 0.2) is 14.4 Å². The zero-order valence-corrected chi connectivity index (χ0v) is 24.7. The van der Waals surface area contributed by atoms with E-state index in [9.17, 15) is 4.79 Å². The molecule has 0 saturated carbocycles. The molecule has 38 heavy (non-hydrogen) atoms. The van der Waals surface area contributed by atoms with E-state index in [0.29, 0.717) is 13.0 Å². The van der Waals surface area contributed by atoms with Crippen molar-refractivity contribution >= 4 is 19.9 Å². The van der Waals surface area contributed by atoms with Crippen LogP contribution in [0.15, 0.2) is 84.9 Å². The summed E-state index contributed by atoms with van der Waals surface area (Å²) in [4.78, 5) is 15.7. The molecule has 3 atom stereocenters. The Morgan fingerprint density at radius 3 is 1.97 bits per heavy atom.